The molecule has 1 heterocycles. The van der Waals surface area contributed by atoms with Crippen LogP contribution in [0.15, 0.2) is 33.2 Å². The third-order valence-corrected chi connectivity index (χ3v) is 4.01. The lowest BCUT2D eigenvalue weighted by Crippen LogP contribution is -2.19. The van der Waals surface area contributed by atoms with Gasteiger partial charge in [0.1, 0.15) is 0 Å². The standard InChI is InChI=1S/C15H18BrN3O2/c16-13-4-2-1-3-12(13)15-19-18-14(21-15)9-17-7-8-20-10-11-5-6-11/h1-4,11,17H,5-10H2. The van der Waals surface area contributed by atoms with Gasteiger partial charge in [-0.15, -0.1) is 10.2 Å². The van der Waals surface area contributed by atoms with E-state index in [1.54, 1.807) is 0 Å². The lowest BCUT2D eigenvalue weighted by atomic mass is 10.2. The first-order valence-corrected chi connectivity index (χ1v) is 7.98. The summed E-state index contributed by atoms with van der Waals surface area (Å²) in [4.78, 5) is 0. The average molecular weight is 352 g/mol. The quantitative estimate of drug-likeness (QED) is 0.740. The van der Waals surface area contributed by atoms with Gasteiger partial charge in [0.15, 0.2) is 0 Å². The third kappa shape index (κ3) is 4.36. The molecule has 0 bridgehead atoms. The second-order valence-electron chi connectivity index (χ2n) is 5.18. The topological polar surface area (TPSA) is 60.2 Å². The van der Waals surface area contributed by atoms with Gasteiger partial charge in [0.25, 0.3) is 0 Å². The normalized spacial score (nSPS) is 14.5. The molecule has 1 N–H and O–H groups in total. The van der Waals surface area contributed by atoms with E-state index in [0.717, 1.165) is 35.7 Å². The van der Waals surface area contributed by atoms with Gasteiger partial charge in [0, 0.05) is 17.6 Å². The molecule has 6 heteroatoms. The highest BCUT2D eigenvalue weighted by atomic mass is 79.9. The Morgan fingerprint density at radius 1 is 1.29 bits per heavy atom. The van der Waals surface area contributed by atoms with E-state index in [-0.39, 0.29) is 0 Å². The van der Waals surface area contributed by atoms with Crippen LogP contribution in [0.4, 0.5) is 0 Å². The second-order valence-corrected chi connectivity index (χ2v) is 6.03. The molecule has 0 atom stereocenters. The van der Waals surface area contributed by atoms with Crippen LogP contribution in [0.5, 0.6) is 0 Å². The van der Waals surface area contributed by atoms with Crippen LogP contribution in [-0.2, 0) is 11.3 Å². The van der Waals surface area contributed by atoms with Gasteiger partial charge in [-0.3, -0.25) is 0 Å². The first kappa shape index (κ1) is 14.7. The van der Waals surface area contributed by atoms with E-state index in [4.69, 9.17) is 9.15 Å². The molecule has 21 heavy (non-hydrogen) atoms. The Hall–Kier alpha value is -1.24. The van der Waals surface area contributed by atoms with E-state index in [2.05, 4.69) is 31.4 Å². The van der Waals surface area contributed by atoms with Gasteiger partial charge in [-0.05, 0) is 46.8 Å². The predicted molar refractivity (Wildman–Crippen MR) is 82.7 cm³/mol. The monoisotopic (exact) mass is 351 g/mol. The largest absolute Gasteiger partial charge is 0.419 e. The number of aromatic nitrogens is 2. The zero-order valence-corrected chi connectivity index (χ0v) is 13.3. The molecule has 0 amide bonds. The maximum atomic E-state index is 5.65. The predicted octanol–water partition coefficient (Wildman–Crippen LogP) is 3.02. The fraction of sp³-hybridized carbons (Fsp3) is 0.467. The second kappa shape index (κ2) is 7.15. The van der Waals surface area contributed by atoms with E-state index < -0.39 is 0 Å². The highest BCUT2D eigenvalue weighted by molar-refractivity contribution is 9.10. The van der Waals surface area contributed by atoms with Gasteiger partial charge >= 0.3 is 0 Å². The van der Waals surface area contributed by atoms with Crippen LogP contribution in [0.3, 0.4) is 0 Å². The molecule has 1 aromatic carbocycles. The van der Waals surface area contributed by atoms with Crippen molar-refractivity contribution < 1.29 is 9.15 Å². The van der Waals surface area contributed by atoms with E-state index in [1.807, 2.05) is 24.3 Å². The summed E-state index contributed by atoms with van der Waals surface area (Å²) in [5.74, 6) is 1.93. The van der Waals surface area contributed by atoms with E-state index in [9.17, 15) is 0 Å². The molecule has 0 unspecified atom stereocenters. The molecule has 1 fully saturated rings. The van der Waals surface area contributed by atoms with Crippen molar-refractivity contribution >= 4 is 15.9 Å². The maximum Gasteiger partial charge on any atom is 0.248 e. The minimum Gasteiger partial charge on any atom is -0.419 e. The number of halogens is 1. The molecular weight excluding hydrogens is 334 g/mol. The Bertz CT molecular complexity index is 584. The molecular formula is C15H18BrN3O2. The van der Waals surface area contributed by atoms with Crippen molar-refractivity contribution in [2.45, 2.75) is 19.4 Å². The Balaban J connectivity index is 1.43. The average Bonchev–Trinajstić information content (AvgIpc) is 3.20. The molecule has 5 nitrogen and oxygen atoms in total. The van der Waals surface area contributed by atoms with Crippen molar-refractivity contribution in [3.63, 3.8) is 0 Å². The van der Waals surface area contributed by atoms with Crippen molar-refractivity contribution in [3.05, 3.63) is 34.6 Å². The van der Waals surface area contributed by atoms with Crippen LogP contribution in [-0.4, -0.2) is 30.0 Å². The van der Waals surface area contributed by atoms with Crippen LogP contribution < -0.4 is 5.32 Å². The molecule has 3 rings (SSSR count). The molecule has 2 aromatic rings. The van der Waals surface area contributed by atoms with Crippen LogP contribution in [0, 0.1) is 5.92 Å². The van der Waals surface area contributed by atoms with Crippen LogP contribution >= 0.6 is 15.9 Å². The lowest BCUT2D eigenvalue weighted by Gasteiger charge is -2.03. The zero-order chi connectivity index (χ0) is 14.5. The Morgan fingerprint density at radius 2 is 2.14 bits per heavy atom. The fourth-order valence-corrected chi connectivity index (χ4v) is 2.40. The van der Waals surface area contributed by atoms with Crippen molar-refractivity contribution in [2.24, 2.45) is 5.92 Å². The minimum absolute atomic E-state index is 0.532. The van der Waals surface area contributed by atoms with Gasteiger partial charge in [-0.25, -0.2) is 0 Å². The number of hydrogen-bond acceptors (Lipinski definition) is 5. The highest BCUT2D eigenvalue weighted by Crippen LogP contribution is 2.28. The number of nitrogens with zero attached hydrogens (tertiary/aromatic N) is 2. The van der Waals surface area contributed by atoms with Crippen molar-refractivity contribution in [1.29, 1.82) is 0 Å². The zero-order valence-electron chi connectivity index (χ0n) is 11.7. The first-order chi connectivity index (χ1) is 10.3. The van der Waals surface area contributed by atoms with Gasteiger partial charge in [0.2, 0.25) is 11.8 Å². The molecule has 0 radical (unpaired) electrons. The van der Waals surface area contributed by atoms with Gasteiger partial charge < -0.3 is 14.5 Å². The fourth-order valence-electron chi connectivity index (χ4n) is 1.94. The summed E-state index contributed by atoms with van der Waals surface area (Å²) in [6.45, 7) is 2.97. The number of ether oxygens (including phenoxy) is 1. The van der Waals surface area contributed by atoms with E-state index in [0.29, 0.717) is 18.3 Å². The number of nitrogens with one attached hydrogen (secondary N) is 1. The Labute approximate surface area is 132 Å². The molecule has 0 spiro atoms. The summed E-state index contributed by atoms with van der Waals surface area (Å²) in [6.07, 6.45) is 2.65. The summed E-state index contributed by atoms with van der Waals surface area (Å²) < 4.78 is 12.1. The maximum absolute atomic E-state index is 5.65. The Morgan fingerprint density at radius 3 is 2.95 bits per heavy atom. The molecule has 1 saturated carbocycles. The first-order valence-electron chi connectivity index (χ1n) is 7.18. The van der Waals surface area contributed by atoms with Crippen molar-refractivity contribution in [3.8, 4) is 11.5 Å². The van der Waals surface area contributed by atoms with E-state index in [1.165, 1.54) is 12.8 Å². The van der Waals surface area contributed by atoms with Crippen molar-refractivity contribution in [1.82, 2.24) is 15.5 Å². The van der Waals surface area contributed by atoms with Crippen LogP contribution in [0.25, 0.3) is 11.5 Å². The molecule has 1 aromatic heterocycles. The summed E-state index contributed by atoms with van der Waals surface area (Å²) in [5.41, 5.74) is 0.906. The summed E-state index contributed by atoms with van der Waals surface area (Å²) in [5, 5.41) is 11.4. The number of rotatable bonds is 8. The molecule has 1 aliphatic rings. The summed E-state index contributed by atoms with van der Waals surface area (Å²) in [6, 6.07) is 7.79. The lowest BCUT2D eigenvalue weighted by molar-refractivity contribution is 0.125. The smallest absolute Gasteiger partial charge is 0.248 e. The summed E-state index contributed by atoms with van der Waals surface area (Å²) in [7, 11) is 0. The van der Waals surface area contributed by atoms with Crippen molar-refractivity contribution in [2.75, 3.05) is 19.8 Å². The molecule has 1 aliphatic carbocycles. The molecule has 112 valence electrons. The van der Waals surface area contributed by atoms with Crippen LogP contribution in [0.1, 0.15) is 18.7 Å². The van der Waals surface area contributed by atoms with Gasteiger partial charge in [-0.1, -0.05) is 12.1 Å². The Kier molecular flexibility index (Phi) is 5.00. The van der Waals surface area contributed by atoms with Gasteiger partial charge in [0.05, 0.1) is 18.7 Å². The van der Waals surface area contributed by atoms with Gasteiger partial charge in [-0.2, -0.15) is 0 Å². The molecule has 0 saturated heterocycles. The summed E-state index contributed by atoms with van der Waals surface area (Å²) >= 11 is 3.48. The van der Waals surface area contributed by atoms with Crippen LogP contribution in [0.2, 0.25) is 0 Å². The SMILES string of the molecule is Brc1ccccc1-c1nnc(CNCCOCC2CC2)o1. The number of benzene rings is 1. The highest BCUT2D eigenvalue weighted by Gasteiger charge is 2.20. The third-order valence-electron chi connectivity index (χ3n) is 3.32. The molecule has 0 aliphatic heterocycles. The minimum atomic E-state index is 0.532. The van der Waals surface area contributed by atoms with E-state index >= 15 is 0 Å². The number of hydrogen-bond donors (Lipinski definition) is 1.